The smallest absolute Gasteiger partial charge is 0.267 e. The number of nitrogens with one attached hydrogen (secondary N) is 1. The summed E-state index contributed by atoms with van der Waals surface area (Å²) in [5.41, 5.74) is 3.96. The number of carbonyl (C=O) groups excluding carboxylic acids is 2. The number of benzene rings is 2. The summed E-state index contributed by atoms with van der Waals surface area (Å²) in [4.78, 5) is 38.0. The molecule has 0 saturated heterocycles. The van der Waals surface area contributed by atoms with Gasteiger partial charge < -0.3 is 4.98 Å². The molecule has 26 heavy (non-hydrogen) atoms. The number of aromatic nitrogens is 3. The fourth-order valence-corrected chi connectivity index (χ4v) is 3.18. The molecule has 0 unspecified atom stereocenters. The summed E-state index contributed by atoms with van der Waals surface area (Å²) in [7, 11) is 0. The number of imide groups is 1. The minimum atomic E-state index is -0.352. The van der Waals surface area contributed by atoms with Gasteiger partial charge in [-0.15, -0.1) is 0 Å². The van der Waals surface area contributed by atoms with E-state index in [1.807, 2.05) is 36.4 Å². The highest BCUT2D eigenvalue weighted by Crippen LogP contribution is 2.29. The van der Waals surface area contributed by atoms with E-state index in [2.05, 4.69) is 15.0 Å². The van der Waals surface area contributed by atoms with Gasteiger partial charge in [0.15, 0.2) is 0 Å². The van der Waals surface area contributed by atoms with Crippen molar-refractivity contribution in [2.24, 2.45) is 0 Å². The number of hydrogen-bond donors (Lipinski definition) is 1. The third kappa shape index (κ3) is 2.05. The van der Waals surface area contributed by atoms with E-state index in [4.69, 9.17) is 0 Å². The average molecular weight is 340 g/mol. The van der Waals surface area contributed by atoms with Gasteiger partial charge in [0.1, 0.15) is 5.82 Å². The van der Waals surface area contributed by atoms with Crippen molar-refractivity contribution in [3.8, 4) is 11.4 Å². The van der Waals surface area contributed by atoms with E-state index < -0.39 is 0 Å². The van der Waals surface area contributed by atoms with Crippen LogP contribution in [0.1, 0.15) is 20.7 Å². The van der Waals surface area contributed by atoms with E-state index in [1.54, 1.807) is 18.2 Å². The largest absolute Gasteiger partial charge is 0.338 e. The summed E-state index contributed by atoms with van der Waals surface area (Å²) in [5, 5.41) is 0. The topological polar surface area (TPSA) is 79.0 Å². The van der Waals surface area contributed by atoms with Crippen LogP contribution in [0, 0.1) is 0 Å². The second-order valence-electron chi connectivity index (χ2n) is 6.02. The maximum absolute atomic E-state index is 12.5. The first-order valence-corrected chi connectivity index (χ1v) is 8.10. The number of para-hydroxylation sites is 2. The van der Waals surface area contributed by atoms with E-state index in [1.165, 1.54) is 17.3 Å². The van der Waals surface area contributed by atoms with E-state index >= 15 is 0 Å². The summed E-state index contributed by atoms with van der Waals surface area (Å²) >= 11 is 0. The summed E-state index contributed by atoms with van der Waals surface area (Å²) in [6.07, 6.45) is 2.94. The zero-order chi connectivity index (χ0) is 17.7. The Balaban J connectivity index is 1.51. The maximum Gasteiger partial charge on any atom is 0.267 e. The molecule has 6 nitrogen and oxygen atoms in total. The van der Waals surface area contributed by atoms with Crippen molar-refractivity contribution in [1.82, 2.24) is 15.0 Å². The quantitative estimate of drug-likeness (QED) is 0.567. The highest BCUT2D eigenvalue weighted by Gasteiger charge is 2.36. The first-order valence-electron chi connectivity index (χ1n) is 8.10. The molecular formula is C20H12N4O2. The van der Waals surface area contributed by atoms with Crippen LogP contribution in [0.15, 0.2) is 67.0 Å². The summed E-state index contributed by atoms with van der Waals surface area (Å²) in [6.45, 7) is 0. The maximum atomic E-state index is 12.5. The van der Waals surface area contributed by atoms with Crippen molar-refractivity contribution < 1.29 is 9.59 Å². The van der Waals surface area contributed by atoms with E-state index in [0.717, 1.165) is 22.4 Å². The number of amides is 2. The molecule has 0 bridgehead atoms. The van der Waals surface area contributed by atoms with Gasteiger partial charge in [0.05, 0.1) is 27.8 Å². The molecule has 0 atom stereocenters. The predicted octanol–water partition coefficient (Wildman–Crippen LogP) is 3.43. The molecule has 2 aromatic heterocycles. The Bertz CT molecular complexity index is 1110. The van der Waals surface area contributed by atoms with Crippen LogP contribution in [0.2, 0.25) is 0 Å². The van der Waals surface area contributed by atoms with Gasteiger partial charge in [-0.3, -0.25) is 14.6 Å². The van der Waals surface area contributed by atoms with E-state index in [-0.39, 0.29) is 11.8 Å². The van der Waals surface area contributed by atoms with Gasteiger partial charge >= 0.3 is 0 Å². The molecule has 1 N–H and O–H groups in total. The lowest BCUT2D eigenvalue weighted by Crippen LogP contribution is -2.29. The molecule has 0 fully saturated rings. The highest BCUT2D eigenvalue weighted by atomic mass is 16.2. The van der Waals surface area contributed by atoms with Gasteiger partial charge in [-0.1, -0.05) is 12.1 Å². The Labute approximate surface area is 148 Å². The van der Waals surface area contributed by atoms with E-state index in [9.17, 15) is 9.59 Å². The standard InChI is InChI=1S/C20H12N4O2/c25-19-14-9-10-21-11-15(14)20(26)24(19)13-7-5-12(6-8-13)18-22-16-3-1-2-4-17(16)23-18/h1-11H,(H,22,23). The van der Waals surface area contributed by atoms with E-state index in [0.29, 0.717) is 16.8 Å². The van der Waals surface area contributed by atoms with Crippen molar-refractivity contribution in [2.75, 3.05) is 4.90 Å². The number of carbonyl (C=O) groups is 2. The van der Waals surface area contributed by atoms with Crippen molar-refractivity contribution >= 4 is 28.5 Å². The molecule has 4 aromatic rings. The first kappa shape index (κ1) is 14.5. The number of hydrogen-bond acceptors (Lipinski definition) is 4. The Hall–Kier alpha value is -3.80. The molecule has 124 valence electrons. The SMILES string of the molecule is O=C1c2ccncc2C(=O)N1c1ccc(-c2nc3ccccc3[nH]2)cc1. The van der Waals surface area contributed by atoms with Crippen LogP contribution in [0.3, 0.4) is 0 Å². The van der Waals surface area contributed by atoms with Crippen LogP contribution in [0.25, 0.3) is 22.4 Å². The average Bonchev–Trinajstić information content (AvgIpc) is 3.22. The van der Waals surface area contributed by atoms with Crippen molar-refractivity contribution in [1.29, 1.82) is 0 Å². The van der Waals surface area contributed by atoms with Gasteiger partial charge in [0.25, 0.3) is 11.8 Å². The molecular weight excluding hydrogens is 328 g/mol. The van der Waals surface area contributed by atoms with Crippen LogP contribution in [0.4, 0.5) is 5.69 Å². The number of anilines is 1. The van der Waals surface area contributed by atoms with Crippen molar-refractivity contribution in [3.63, 3.8) is 0 Å². The summed E-state index contributed by atoms with van der Waals surface area (Å²) < 4.78 is 0. The monoisotopic (exact) mass is 340 g/mol. The van der Waals surface area contributed by atoms with Gasteiger partial charge in [-0.2, -0.15) is 0 Å². The molecule has 3 heterocycles. The van der Waals surface area contributed by atoms with Gasteiger partial charge in [0.2, 0.25) is 0 Å². The number of aromatic amines is 1. The van der Waals surface area contributed by atoms with Crippen LogP contribution in [0.5, 0.6) is 0 Å². The van der Waals surface area contributed by atoms with Gasteiger partial charge in [-0.25, -0.2) is 9.88 Å². The zero-order valence-electron chi connectivity index (χ0n) is 13.5. The number of nitrogens with zero attached hydrogens (tertiary/aromatic N) is 3. The van der Waals surface area contributed by atoms with Crippen molar-refractivity contribution in [3.05, 3.63) is 78.1 Å². The molecule has 6 heteroatoms. The minimum absolute atomic E-state index is 0.330. The molecule has 0 spiro atoms. The number of H-pyrrole nitrogens is 1. The number of imidazole rings is 1. The molecule has 0 aliphatic carbocycles. The lowest BCUT2D eigenvalue weighted by Gasteiger charge is -2.14. The second kappa shape index (κ2) is 5.35. The Kier molecular flexibility index (Phi) is 2.99. The predicted molar refractivity (Wildman–Crippen MR) is 96.9 cm³/mol. The van der Waals surface area contributed by atoms with Crippen LogP contribution < -0.4 is 4.90 Å². The number of fused-ring (bicyclic) bond motifs is 2. The molecule has 1 aliphatic heterocycles. The Morgan fingerprint density at radius 3 is 2.38 bits per heavy atom. The lowest BCUT2D eigenvalue weighted by molar-refractivity contribution is 0.0926. The van der Waals surface area contributed by atoms with Crippen LogP contribution in [-0.4, -0.2) is 26.8 Å². The summed E-state index contributed by atoms with van der Waals surface area (Å²) in [5.74, 6) is 0.0581. The molecule has 0 radical (unpaired) electrons. The Morgan fingerprint density at radius 2 is 1.62 bits per heavy atom. The first-order chi connectivity index (χ1) is 12.7. The molecule has 2 amide bonds. The zero-order valence-corrected chi connectivity index (χ0v) is 13.5. The fraction of sp³-hybridized carbons (Fsp3) is 0. The molecule has 5 rings (SSSR count). The lowest BCUT2D eigenvalue weighted by atomic mass is 10.2. The van der Waals surface area contributed by atoms with Crippen LogP contribution in [-0.2, 0) is 0 Å². The number of pyridine rings is 1. The minimum Gasteiger partial charge on any atom is -0.338 e. The molecule has 0 saturated carbocycles. The second-order valence-corrected chi connectivity index (χ2v) is 6.02. The Morgan fingerprint density at radius 1 is 0.846 bits per heavy atom. The summed E-state index contributed by atoms with van der Waals surface area (Å²) in [6, 6.07) is 16.5. The highest BCUT2D eigenvalue weighted by molar-refractivity contribution is 6.34. The third-order valence-corrected chi connectivity index (χ3v) is 4.48. The fourth-order valence-electron chi connectivity index (χ4n) is 3.18. The van der Waals surface area contributed by atoms with Crippen LogP contribution >= 0.6 is 0 Å². The van der Waals surface area contributed by atoms with Crippen molar-refractivity contribution in [2.45, 2.75) is 0 Å². The van der Waals surface area contributed by atoms with Gasteiger partial charge in [0, 0.05) is 18.0 Å². The van der Waals surface area contributed by atoms with Gasteiger partial charge in [-0.05, 0) is 42.5 Å². The molecule has 1 aliphatic rings. The third-order valence-electron chi connectivity index (χ3n) is 4.48. The normalized spacial score (nSPS) is 13.5. The molecule has 2 aromatic carbocycles. The number of rotatable bonds is 2.